The number of aromatic nitrogens is 1. The molecule has 57 heavy (non-hydrogen) atoms. The van der Waals surface area contributed by atoms with Gasteiger partial charge in [-0.1, -0.05) is 62.9 Å². The average Bonchev–Trinajstić information content (AvgIpc) is 3.56. The number of benzene rings is 3. The van der Waals surface area contributed by atoms with Crippen LogP contribution in [0.1, 0.15) is 35.4 Å². The summed E-state index contributed by atoms with van der Waals surface area (Å²) in [6.45, 7) is 0. The summed E-state index contributed by atoms with van der Waals surface area (Å²) < 4.78 is 47.4. The quantitative estimate of drug-likeness (QED) is 0.144. The predicted molar refractivity (Wildman–Crippen MR) is 214 cm³/mol. The van der Waals surface area contributed by atoms with E-state index in [2.05, 4.69) is 58.2 Å². The molecule has 0 spiro atoms. The lowest BCUT2D eigenvalue weighted by Crippen LogP contribution is -2.53. The number of fused-ring (bicyclic) bond motifs is 4. The highest BCUT2D eigenvalue weighted by atomic mass is 79.9. The van der Waals surface area contributed by atoms with Crippen molar-refractivity contribution in [3.63, 3.8) is 0 Å². The molecule has 294 valence electrons. The zero-order valence-electron chi connectivity index (χ0n) is 29.1. The number of hydrazine groups is 1. The number of pyridine rings is 1. The molecule has 4 aromatic rings. The number of nitrogens with one attached hydrogen (secondary N) is 1. The van der Waals surface area contributed by atoms with Crippen molar-refractivity contribution in [3.8, 4) is 11.5 Å². The van der Waals surface area contributed by atoms with Crippen LogP contribution in [0.15, 0.2) is 91.9 Å². The first-order valence-electron chi connectivity index (χ1n) is 17.2. The van der Waals surface area contributed by atoms with Crippen molar-refractivity contribution in [1.82, 2.24) is 9.99 Å². The second-order valence-corrected chi connectivity index (χ2v) is 17.4. The smallest absolute Gasteiger partial charge is 0.417 e. The van der Waals surface area contributed by atoms with Gasteiger partial charge < -0.3 is 9.84 Å². The van der Waals surface area contributed by atoms with E-state index in [-0.39, 0.29) is 34.6 Å². The molecule has 3 fully saturated rings. The fourth-order valence-electron chi connectivity index (χ4n) is 8.95. The number of anilines is 2. The second kappa shape index (κ2) is 14.4. The number of nitrogens with zero attached hydrogens (tertiary/aromatic N) is 3. The predicted octanol–water partition coefficient (Wildman–Crippen LogP) is 9.60. The topological polar surface area (TPSA) is 129 Å². The van der Waals surface area contributed by atoms with Crippen molar-refractivity contribution in [2.24, 2.45) is 23.7 Å². The van der Waals surface area contributed by atoms with Crippen LogP contribution in [0.4, 0.5) is 24.7 Å². The molecular formula is C39H26Br3Cl2F3N4O6. The van der Waals surface area contributed by atoms with Crippen LogP contribution in [0, 0.1) is 23.7 Å². The van der Waals surface area contributed by atoms with Crippen molar-refractivity contribution >= 4 is 106 Å². The minimum absolute atomic E-state index is 0.0281. The monoisotopic (exact) mass is 1010 g/mol. The Hall–Kier alpha value is -3.96. The van der Waals surface area contributed by atoms with Gasteiger partial charge in [-0.15, -0.1) is 0 Å². The highest BCUT2D eigenvalue weighted by Crippen LogP contribution is 2.66. The van der Waals surface area contributed by atoms with Crippen LogP contribution in [-0.4, -0.2) is 45.8 Å². The third-order valence-electron chi connectivity index (χ3n) is 11.3. The molecule has 0 bridgehead atoms. The van der Waals surface area contributed by atoms with Crippen LogP contribution in [-0.2, 0) is 30.8 Å². The van der Waals surface area contributed by atoms with Crippen LogP contribution < -0.4 is 15.1 Å². The molecule has 2 N–H and O–H groups in total. The van der Waals surface area contributed by atoms with Gasteiger partial charge in [0.1, 0.15) is 0 Å². The van der Waals surface area contributed by atoms with E-state index in [4.69, 9.17) is 27.9 Å². The Kier molecular flexibility index (Phi) is 10.1. The van der Waals surface area contributed by atoms with Crippen molar-refractivity contribution < 1.29 is 42.2 Å². The molecule has 2 aliphatic carbocycles. The average molecular weight is 1010 g/mol. The maximum atomic E-state index is 15.5. The molecule has 4 amide bonds. The molecule has 3 aromatic carbocycles. The molecule has 10 nitrogen and oxygen atoms in total. The third-order valence-corrected chi connectivity index (χ3v) is 14.6. The van der Waals surface area contributed by atoms with Crippen LogP contribution in [0.2, 0.25) is 10.0 Å². The SMILES string of the molecule is COc1cc(C2C3=CCC4C(=O)N(c5ccc(Br)cc5)C(=O)C4C3CC3C(=O)N(Nc4ncc(C(F)(F)F)cc4Cl)C(=O)C32c2ccc(Cl)cc2)c(Br)c(Br)c1O. The van der Waals surface area contributed by atoms with Crippen molar-refractivity contribution in [2.75, 3.05) is 17.4 Å². The first-order valence-corrected chi connectivity index (χ1v) is 20.4. The van der Waals surface area contributed by atoms with Gasteiger partial charge in [0.05, 0.1) is 51.0 Å². The molecule has 0 radical (unpaired) electrons. The largest absolute Gasteiger partial charge is 0.503 e. The number of rotatable bonds is 6. The van der Waals surface area contributed by atoms with Gasteiger partial charge in [-0.3, -0.25) is 29.5 Å². The molecule has 1 aromatic heterocycles. The zero-order valence-corrected chi connectivity index (χ0v) is 35.4. The Bertz CT molecular complexity index is 2440. The third kappa shape index (κ3) is 6.11. The van der Waals surface area contributed by atoms with E-state index in [1.54, 1.807) is 48.5 Å². The van der Waals surface area contributed by atoms with Crippen LogP contribution >= 0.6 is 71.0 Å². The summed E-state index contributed by atoms with van der Waals surface area (Å²) in [7, 11) is 1.35. The molecule has 3 heterocycles. The number of aromatic hydroxyl groups is 1. The number of carbonyl (C=O) groups excluding carboxylic acids is 4. The van der Waals surface area contributed by atoms with Crippen molar-refractivity contribution in [1.29, 1.82) is 0 Å². The number of carbonyl (C=O) groups is 4. The van der Waals surface area contributed by atoms with E-state index in [1.807, 2.05) is 6.08 Å². The molecular weight excluding hydrogens is 988 g/mol. The number of phenols is 1. The summed E-state index contributed by atoms with van der Waals surface area (Å²) in [6, 6.07) is 15.3. The summed E-state index contributed by atoms with van der Waals surface area (Å²) in [4.78, 5) is 64.1. The van der Waals surface area contributed by atoms with Crippen LogP contribution in [0.5, 0.6) is 11.5 Å². The number of allylic oxidation sites excluding steroid dienone is 2. The molecule has 6 atom stereocenters. The summed E-state index contributed by atoms with van der Waals surface area (Å²) in [5, 5.41) is 11.6. The first-order chi connectivity index (χ1) is 27.0. The van der Waals surface area contributed by atoms with Gasteiger partial charge in [0.25, 0.3) is 11.8 Å². The Balaban J connectivity index is 1.35. The molecule has 1 saturated carbocycles. The van der Waals surface area contributed by atoms with E-state index in [0.717, 1.165) is 4.47 Å². The van der Waals surface area contributed by atoms with Crippen molar-refractivity contribution in [2.45, 2.75) is 30.4 Å². The first kappa shape index (κ1) is 39.8. The summed E-state index contributed by atoms with van der Waals surface area (Å²) in [5.74, 6) is -7.83. The highest BCUT2D eigenvalue weighted by molar-refractivity contribution is 9.13. The number of alkyl halides is 3. The van der Waals surface area contributed by atoms with Gasteiger partial charge in [-0.25, -0.2) is 4.98 Å². The van der Waals surface area contributed by atoms with Gasteiger partial charge in [0.15, 0.2) is 17.3 Å². The van der Waals surface area contributed by atoms with Crippen molar-refractivity contribution in [3.05, 3.63) is 119 Å². The number of halogens is 8. The van der Waals surface area contributed by atoms with E-state index in [9.17, 15) is 32.7 Å². The number of hydrogen-bond donors (Lipinski definition) is 2. The Morgan fingerprint density at radius 2 is 1.61 bits per heavy atom. The number of amides is 4. The number of phenolic OH excluding ortho intramolecular Hbond substituents is 1. The van der Waals surface area contributed by atoms with Gasteiger partial charge in [0, 0.05) is 26.1 Å². The lowest BCUT2D eigenvalue weighted by atomic mass is 9.49. The number of imide groups is 2. The fraction of sp³-hybridized carbons (Fsp3) is 0.256. The van der Waals surface area contributed by atoms with E-state index in [0.29, 0.717) is 49.2 Å². The van der Waals surface area contributed by atoms with Crippen LogP contribution in [0.3, 0.4) is 0 Å². The molecule has 2 saturated heterocycles. The second-order valence-electron chi connectivity index (χ2n) is 14.1. The lowest BCUT2D eigenvalue weighted by molar-refractivity contribution is -0.139. The van der Waals surface area contributed by atoms with E-state index in [1.165, 1.54) is 18.1 Å². The number of methoxy groups -OCH3 is 1. The molecule has 8 rings (SSSR count). The number of hydrogen-bond acceptors (Lipinski definition) is 8. The normalized spacial score (nSPS) is 25.6. The van der Waals surface area contributed by atoms with Crippen LogP contribution in [0.25, 0.3) is 0 Å². The molecule has 6 unspecified atom stereocenters. The van der Waals surface area contributed by atoms with E-state index >= 15 is 4.79 Å². The summed E-state index contributed by atoms with van der Waals surface area (Å²) in [6.07, 6.45) is -2.33. The zero-order chi connectivity index (χ0) is 40.9. The summed E-state index contributed by atoms with van der Waals surface area (Å²) in [5.41, 5.74) is 1.38. The highest BCUT2D eigenvalue weighted by Gasteiger charge is 2.71. The minimum Gasteiger partial charge on any atom is -0.503 e. The Morgan fingerprint density at radius 1 is 0.930 bits per heavy atom. The van der Waals surface area contributed by atoms with Gasteiger partial charge in [-0.2, -0.15) is 18.2 Å². The summed E-state index contributed by atoms with van der Waals surface area (Å²) >= 11 is 23.1. The van der Waals surface area contributed by atoms with Gasteiger partial charge in [-0.05, 0) is 110 Å². The maximum absolute atomic E-state index is 15.5. The Labute approximate surface area is 357 Å². The standard InChI is InChI=1S/C39H26Br3Cl2F3N4O6/c1-57-27-14-24(30(41)31(42)32(27)52)29-21-10-11-22-28(36(55)50(34(22)53)20-8-4-18(40)5-9-20)23(21)13-25-35(54)51(37(56)38(25,29)16-2-6-19(43)7-3-16)49-33-26(44)12-17(15-48-33)39(45,46)47/h2-10,12,14-15,22-23,25,28-29,52H,11,13H2,1H3,(H,48,49). The minimum atomic E-state index is -4.77. The van der Waals surface area contributed by atoms with Gasteiger partial charge in [0.2, 0.25) is 11.8 Å². The number of ether oxygens (including phenoxy) is 1. The molecule has 2 aliphatic heterocycles. The molecule has 18 heteroatoms. The maximum Gasteiger partial charge on any atom is 0.417 e. The molecule has 4 aliphatic rings. The fourth-order valence-corrected chi connectivity index (χ4v) is 10.5. The van der Waals surface area contributed by atoms with Gasteiger partial charge >= 0.3 is 6.18 Å². The van der Waals surface area contributed by atoms with E-state index < -0.39 is 75.4 Å². The Morgan fingerprint density at radius 3 is 2.25 bits per heavy atom. The lowest BCUT2D eigenvalue weighted by Gasteiger charge is -2.51.